The van der Waals surface area contributed by atoms with Crippen LogP contribution in [0.5, 0.6) is 0 Å². The van der Waals surface area contributed by atoms with Gasteiger partial charge in [-0.15, -0.1) is 10.2 Å². The Morgan fingerprint density at radius 1 is 1.59 bits per heavy atom. The fraction of sp³-hybridized carbons (Fsp3) is 0.727. The molecule has 5 nitrogen and oxygen atoms in total. The van der Waals surface area contributed by atoms with Crippen LogP contribution >= 0.6 is 11.8 Å². The number of hydrogen-bond donors (Lipinski definition) is 1. The first-order chi connectivity index (χ1) is 8.20. The number of nitrogens with one attached hydrogen (secondary N) is 1. The SMILES string of the molecule is CCCNC(=O)[C@H](C)Sc1nnc(C2CC2)o1. The highest BCUT2D eigenvalue weighted by Crippen LogP contribution is 2.40. The number of carbonyl (C=O) groups is 1. The zero-order valence-corrected chi connectivity index (χ0v) is 10.9. The molecule has 1 N–H and O–H groups in total. The summed E-state index contributed by atoms with van der Waals surface area (Å²) in [5.41, 5.74) is 0. The van der Waals surface area contributed by atoms with Crippen LogP contribution in [0.4, 0.5) is 0 Å². The van der Waals surface area contributed by atoms with Crippen LogP contribution in [0.15, 0.2) is 9.64 Å². The molecule has 1 aliphatic rings. The zero-order valence-electron chi connectivity index (χ0n) is 10.1. The summed E-state index contributed by atoms with van der Waals surface area (Å²) in [4.78, 5) is 11.6. The van der Waals surface area contributed by atoms with Crippen molar-refractivity contribution in [1.82, 2.24) is 15.5 Å². The van der Waals surface area contributed by atoms with Crippen molar-refractivity contribution in [3.8, 4) is 0 Å². The van der Waals surface area contributed by atoms with Crippen LogP contribution in [-0.2, 0) is 4.79 Å². The van der Waals surface area contributed by atoms with Gasteiger partial charge in [0.15, 0.2) is 0 Å². The van der Waals surface area contributed by atoms with E-state index in [4.69, 9.17) is 4.42 Å². The second kappa shape index (κ2) is 5.53. The summed E-state index contributed by atoms with van der Waals surface area (Å²) in [7, 11) is 0. The predicted octanol–water partition coefficient (Wildman–Crippen LogP) is 1.95. The quantitative estimate of drug-likeness (QED) is 0.787. The highest BCUT2D eigenvalue weighted by atomic mass is 32.2. The molecule has 1 atom stereocenters. The van der Waals surface area contributed by atoms with Gasteiger partial charge < -0.3 is 9.73 Å². The van der Waals surface area contributed by atoms with Gasteiger partial charge in [-0.05, 0) is 26.2 Å². The second-order valence-corrected chi connectivity index (χ2v) is 5.52. The van der Waals surface area contributed by atoms with Crippen molar-refractivity contribution >= 4 is 17.7 Å². The largest absolute Gasteiger partial charge is 0.416 e. The van der Waals surface area contributed by atoms with E-state index in [1.54, 1.807) is 0 Å². The van der Waals surface area contributed by atoms with Crippen LogP contribution < -0.4 is 5.32 Å². The van der Waals surface area contributed by atoms with E-state index >= 15 is 0 Å². The lowest BCUT2D eigenvalue weighted by atomic mass is 10.4. The van der Waals surface area contributed by atoms with E-state index in [0.29, 0.717) is 23.6 Å². The maximum absolute atomic E-state index is 11.6. The van der Waals surface area contributed by atoms with Gasteiger partial charge in [0.05, 0.1) is 5.25 Å². The highest BCUT2D eigenvalue weighted by Gasteiger charge is 2.30. The molecule has 94 valence electrons. The smallest absolute Gasteiger partial charge is 0.277 e. The molecular weight excluding hydrogens is 238 g/mol. The number of aromatic nitrogens is 2. The summed E-state index contributed by atoms with van der Waals surface area (Å²) in [5, 5.41) is 11.1. The Morgan fingerprint density at radius 3 is 3.00 bits per heavy atom. The van der Waals surface area contributed by atoms with Crippen molar-refractivity contribution in [3.63, 3.8) is 0 Å². The molecule has 1 saturated carbocycles. The molecule has 0 unspecified atom stereocenters. The molecule has 1 aromatic rings. The van der Waals surface area contributed by atoms with Crippen LogP contribution in [0.25, 0.3) is 0 Å². The van der Waals surface area contributed by atoms with Crippen LogP contribution in [0, 0.1) is 0 Å². The third-order valence-electron chi connectivity index (χ3n) is 2.54. The van der Waals surface area contributed by atoms with Gasteiger partial charge in [-0.25, -0.2) is 0 Å². The van der Waals surface area contributed by atoms with Crippen molar-refractivity contribution < 1.29 is 9.21 Å². The predicted molar refractivity (Wildman–Crippen MR) is 64.9 cm³/mol. The van der Waals surface area contributed by atoms with Crippen molar-refractivity contribution in [2.75, 3.05) is 6.54 Å². The van der Waals surface area contributed by atoms with E-state index in [1.165, 1.54) is 11.8 Å². The van der Waals surface area contributed by atoms with Gasteiger partial charge in [0.25, 0.3) is 5.22 Å². The average Bonchev–Trinajstić information content (AvgIpc) is 3.07. The van der Waals surface area contributed by atoms with Crippen molar-refractivity contribution in [2.24, 2.45) is 0 Å². The second-order valence-electron chi connectivity index (χ2n) is 4.23. The lowest BCUT2D eigenvalue weighted by molar-refractivity contribution is -0.120. The lowest BCUT2D eigenvalue weighted by Gasteiger charge is -2.08. The number of hydrogen-bond acceptors (Lipinski definition) is 5. The molecular formula is C11H17N3O2S. The molecule has 17 heavy (non-hydrogen) atoms. The molecule has 0 bridgehead atoms. The fourth-order valence-electron chi connectivity index (χ4n) is 1.36. The normalized spacial score (nSPS) is 16.8. The van der Waals surface area contributed by atoms with Gasteiger partial charge in [0, 0.05) is 12.5 Å². The molecule has 1 aromatic heterocycles. The molecule has 2 rings (SSSR count). The average molecular weight is 255 g/mol. The summed E-state index contributed by atoms with van der Waals surface area (Å²) in [6.45, 7) is 4.58. The Balaban J connectivity index is 1.83. The Morgan fingerprint density at radius 2 is 2.35 bits per heavy atom. The Bertz CT molecular complexity index is 390. The summed E-state index contributed by atoms with van der Waals surface area (Å²) >= 11 is 1.32. The van der Waals surface area contributed by atoms with Gasteiger partial charge >= 0.3 is 0 Å². The van der Waals surface area contributed by atoms with E-state index in [9.17, 15) is 4.79 Å². The Labute approximate surface area is 105 Å². The van der Waals surface area contributed by atoms with Crippen molar-refractivity contribution in [1.29, 1.82) is 0 Å². The summed E-state index contributed by atoms with van der Waals surface area (Å²) in [5.74, 6) is 1.19. The van der Waals surface area contributed by atoms with Crippen LogP contribution in [0.1, 0.15) is 44.9 Å². The van der Waals surface area contributed by atoms with Crippen molar-refractivity contribution in [2.45, 2.75) is 49.5 Å². The lowest BCUT2D eigenvalue weighted by Crippen LogP contribution is -2.31. The molecule has 1 amide bonds. The third-order valence-corrected chi connectivity index (χ3v) is 3.48. The van der Waals surface area contributed by atoms with E-state index in [1.807, 2.05) is 13.8 Å². The first-order valence-electron chi connectivity index (χ1n) is 5.98. The van der Waals surface area contributed by atoms with E-state index in [0.717, 1.165) is 19.3 Å². The number of rotatable bonds is 6. The number of amides is 1. The Hall–Kier alpha value is -1.04. The van der Waals surface area contributed by atoms with Crippen LogP contribution in [0.2, 0.25) is 0 Å². The minimum absolute atomic E-state index is 0.0167. The maximum Gasteiger partial charge on any atom is 0.277 e. The van der Waals surface area contributed by atoms with Crippen LogP contribution in [-0.4, -0.2) is 27.9 Å². The molecule has 1 aliphatic carbocycles. The van der Waals surface area contributed by atoms with Gasteiger partial charge in [0.2, 0.25) is 11.8 Å². The van der Waals surface area contributed by atoms with Gasteiger partial charge in [-0.3, -0.25) is 4.79 Å². The van der Waals surface area contributed by atoms with E-state index < -0.39 is 0 Å². The Kier molecular flexibility index (Phi) is 4.04. The van der Waals surface area contributed by atoms with E-state index in [2.05, 4.69) is 15.5 Å². The first-order valence-corrected chi connectivity index (χ1v) is 6.86. The zero-order chi connectivity index (χ0) is 12.3. The van der Waals surface area contributed by atoms with Gasteiger partial charge in [0.1, 0.15) is 0 Å². The topological polar surface area (TPSA) is 68.0 Å². The summed E-state index contributed by atoms with van der Waals surface area (Å²) in [6, 6.07) is 0. The van der Waals surface area contributed by atoms with Gasteiger partial charge in [-0.2, -0.15) is 0 Å². The van der Waals surface area contributed by atoms with Crippen molar-refractivity contribution in [3.05, 3.63) is 5.89 Å². The molecule has 1 heterocycles. The molecule has 0 saturated heterocycles. The fourth-order valence-corrected chi connectivity index (χ4v) is 2.07. The maximum atomic E-state index is 11.6. The summed E-state index contributed by atoms with van der Waals surface area (Å²) < 4.78 is 5.49. The molecule has 1 fully saturated rings. The third kappa shape index (κ3) is 3.46. The molecule has 6 heteroatoms. The molecule has 0 aliphatic heterocycles. The summed E-state index contributed by atoms with van der Waals surface area (Å²) in [6.07, 6.45) is 3.22. The van der Waals surface area contributed by atoms with E-state index in [-0.39, 0.29) is 11.2 Å². The molecule has 0 radical (unpaired) electrons. The van der Waals surface area contributed by atoms with Gasteiger partial charge in [-0.1, -0.05) is 18.7 Å². The monoisotopic (exact) mass is 255 g/mol. The molecule has 0 spiro atoms. The minimum Gasteiger partial charge on any atom is -0.416 e. The number of thioether (sulfide) groups is 1. The first kappa shape index (κ1) is 12.4. The minimum atomic E-state index is -0.200. The molecule has 0 aromatic carbocycles. The number of carbonyl (C=O) groups excluding carboxylic acids is 1. The highest BCUT2D eigenvalue weighted by molar-refractivity contribution is 8.00. The standard InChI is InChI=1S/C11H17N3O2S/c1-3-6-12-9(15)7(2)17-11-14-13-10(16-11)8-4-5-8/h7-8H,3-6H2,1-2H3,(H,12,15)/t7-/m0/s1. The number of nitrogens with zero attached hydrogens (tertiary/aromatic N) is 2. The van der Waals surface area contributed by atoms with Crippen LogP contribution in [0.3, 0.4) is 0 Å².